The fraction of sp³-hybridized carbons (Fsp3) is 0.0909. The number of aromatic carboxylic acids is 1. The quantitative estimate of drug-likeness (QED) is 0.569. The molecule has 6 heteroatoms. The Balaban J connectivity index is 0.000000325. The minimum Gasteiger partial charge on any atom is -0.507 e. The number of benzene rings is 1. The number of carboxylic acids is 2. The summed E-state index contributed by atoms with van der Waals surface area (Å²) in [6.45, 7) is 3.17. The molecule has 1 aromatic carbocycles. The minimum atomic E-state index is -1.11. The smallest absolute Gasteiger partial charge is 0.339 e. The van der Waals surface area contributed by atoms with E-state index in [4.69, 9.17) is 26.9 Å². The molecule has 5 nitrogen and oxygen atoms in total. The maximum Gasteiger partial charge on any atom is 0.339 e. The first kappa shape index (κ1) is 15.0. The molecule has 0 fully saturated rings. The molecular formula is C11H11ClO5. The molecule has 0 aliphatic carbocycles. The number of carbonyl (C=O) groups is 2. The zero-order valence-corrected chi connectivity index (χ0v) is 9.46. The number of carboxylic acid groups (broad SMARTS) is 2. The number of alkyl halides is 1. The molecule has 0 bridgehead atoms. The Bertz CT molecular complexity index is 416. The molecule has 0 aliphatic heterocycles. The van der Waals surface area contributed by atoms with E-state index in [-0.39, 0.29) is 11.3 Å². The van der Waals surface area contributed by atoms with Gasteiger partial charge in [-0.05, 0) is 12.1 Å². The standard InChI is InChI=1S/C7H6O3.C4H5ClO2/c8-6-4-2-1-3-5(6)7(9)10;1-2-3(5)4(6)7/h1-4,8H,(H,9,10);2-3H,1H2,(H,6,7). The molecule has 0 amide bonds. The van der Waals surface area contributed by atoms with Crippen molar-refractivity contribution in [3.63, 3.8) is 0 Å². The van der Waals surface area contributed by atoms with Crippen molar-refractivity contribution < 1.29 is 24.9 Å². The summed E-state index contributed by atoms with van der Waals surface area (Å²) >= 11 is 5.08. The topological polar surface area (TPSA) is 94.8 Å². The van der Waals surface area contributed by atoms with Crippen molar-refractivity contribution in [1.82, 2.24) is 0 Å². The van der Waals surface area contributed by atoms with Crippen molar-refractivity contribution in [1.29, 1.82) is 0 Å². The van der Waals surface area contributed by atoms with Crippen LogP contribution in [0.2, 0.25) is 0 Å². The van der Waals surface area contributed by atoms with E-state index in [1.165, 1.54) is 12.1 Å². The lowest BCUT2D eigenvalue weighted by Gasteiger charge is -1.95. The largest absolute Gasteiger partial charge is 0.507 e. The van der Waals surface area contributed by atoms with Crippen LogP contribution in [0.4, 0.5) is 0 Å². The second-order valence-corrected chi connectivity index (χ2v) is 3.27. The number of hydrogen-bond donors (Lipinski definition) is 3. The van der Waals surface area contributed by atoms with Crippen molar-refractivity contribution in [3.8, 4) is 5.75 Å². The molecule has 3 N–H and O–H groups in total. The average Bonchev–Trinajstić information content (AvgIpc) is 2.28. The molecule has 0 heterocycles. The van der Waals surface area contributed by atoms with E-state index in [1.807, 2.05) is 0 Å². The molecule has 1 unspecified atom stereocenters. The van der Waals surface area contributed by atoms with Crippen LogP contribution in [0.5, 0.6) is 5.75 Å². The SMILES string of the molecule is C=CC(Cl)C(=O)O.O=C(O)c1ccccc1O. The van der Waals surface area contributed by atoms with Gasteiger partial charge < -0.3 is 15.3 Å². The Hall–Kier alpha value is -2.01. The summed E-state index contributed by atoms with van der Waals surface area (Å²) in [4.78, 5) is 20.0. The predicted molar refractivity (Wildman–Crippen MR) is 62.5 cm³/mol. The molecule has 1 aromatic rings. The molecule has 17 heavy (non-hydrogen) atoms. The van der Waals surface area contributed by atoms with Crippen molar-refractivity contribution in [3.05, 3.63) is 42.5 Å². The van der Waals surface area contributed by atoms with Crippen molar-refractivity contribution >= 4 is 23.5 Å². The third-order valence-corrected chi connectivity index (χ3v) is 1.94. The highest BCUT2D eigenvalue weighted by Gasteiger charge is 2.06. The van der Waals surface area contributed by atoms with Crippen LogP contribution >= 0.6 is 11.6 Å². The van der Waals surface area contributed by atoms with Crippen LogP contribution in [-0.2, 0) is 4.79 Å². The highest BCUT2D eigenvalue weighted by Crippen LogP contribution is 2.14. The summed E-state index contributed by atoms with van der Waals surface area (Å²) in [5, 5.41) is 24.3. The van der Waals surface area contributed by atoms with Gasteiger partial charge in [0, 0.05) is 0 Å². The summed E-state index contributed by atoms with van der Waals surface area (Å²) in [6, 6.07) is 5.81. The van der Waals surface area contributed by atoms with Gasteiger partial charge in [-0.15, -0.1) is 18.2 Å². The number of hydrogen-bond acceptors (Lipinski definition) is 3. The fourth-order valence-corrected chi connectivity index (χ4v) is 0.755. The van der Waals surface area contributed by atoms with E-state index in [0.29, 0.717) is 0 Å². The summed E-state index contributed by atoms with van der Waals surface area (Å²) < 4.78 is 0. The molecule has 0 aromatic heterocycles. The minimum absolute atomic E-state index is 0.0671. The van der Waals surface area contributed by atoms with Gasteiger partial charge in [0.25, 0.3) is 0 Å². The average molecular weight is 259 g/mol. The zero-order valence-electron chi connectivity index (χ0n) is 8.71. The van der Waals surface area contributed by atoms with Crippen LogP contribution < -0.4 is 0 Å². The number of para-hydroxylation sites is 1. The Labute approximate surface area is 103 Å². The van der Waals surface area contributed by atoms with E-state index in [1.54, 1.807) is 12.1 Å². The number of halogens is 1. The molecule has 1 atom stereocenters. The van der Waals surface area contributed by atoms with Crippen LogP contribution in [0.1, 0.15) is 10.4 Å². The molecule has 0 spiro atoms. The van der Waals surface area contributed by atoms with Crippen LogP contribution in [-0.4, -0.2) is 32.6 Å². The molecule has 1 rings (SSSR count). The summed E-state index contributed by atoms with van der Waals surface area (Å²) in [5.41, 5.74) is -0.0671. The lowest BCUT2D eigenvalue weighted by molar-refractivity contribution is -0.135. The first-order valence-electron chi connectivity index (χ1n) is 4.40. The van der Waals surface area contributed by atoms with Gasteiger partial charge in [-0.2, -0.15) is 0 Å². The number of aliphatic carboxylic acids is 1. The van der Waals surface area contributed by atoms with Crippen LogP contribution in [0.15, 0.2) is 36.9 Å². The summed E-state index contributed by atoms with van der Waals surface area (Å²) in [7, 11) is 0. The van der Waals surface area contributed by atoms with E-state index < -0.39 is 17.3 Å². The van der Waals surface area contributed by atoms with Crippen molar-refractivity contribution in [2.24, 2.45) is 0 Å². The van der Waals surface area contributed by atoms with Crippen LogP contribution in [0.3, 0.4) is 0 Å². The Kier molecular flexibility index (Phi) is 6.43. The van der Waals surface area contributed by atoms with E-state index in [2.05, 4.69) is 6.58 Å². The maximum atomic E-state index is 10.3. The van der Waals surface area contributed by atoms with Gasteiger partial charge in [-0.25, -0.2) is 4.79 Å². The van der Waals surface area contributed by atoms with Gasteiger partial charge in [-0.3, -0.25) is 4.79 Å². The normalized spacial score (nSPS) is 10.6. The van der Waals surface area contributed by atoms with Crippen LogP contribution in [0, 0.1) is 0 Å². The highest BCUT2D eigenvalue weighted by atomic mass is 35.5. The third kappa shape index (κ3) is 5.58. The first-order valence-corrected chi connectivity index (χ1v) is 4.84. The Morgan fingerprint density at radius 1 is 1.29 bits per heavy atom. The number of rotatable bonds is 3. The molecular weight excluding hydrogens is 248 g/mol. The summed E-state index contributed by atoms with van der Waals surface area (Å²) in [5.74, 6) is -2.37. The predicted octanol–water partition coefficient (Wildman–Crippen LogP) is 1.95. The zero-order chi connectivity index (χ0) is 13.4. The highest BCUT2D eigenvalue weighted by molar-refractivity contribution is 6.30. The van der Waals surface area contributed by atoms with Crippen molar-refractivity contribution in [2.45, 2.75) is 5.38 Å². The second-order valence-electron chi connectivity index (χ2n) is 2.80. The van der Waals surface area contributed by atoms with Crippen molar-refractivity contribution in [2.75, 3.05) is 0 Å². The molecule has 0 saturated carbocycles. The number of phenols is 1. The lowest BCUT2D eigenvalue weighted by atomic mass is 10.2. The van der Waals surface area contributed by atoms with Gasteiger partial charge in [0.05, 0.1) is 0 Å². The monoisotopic (exact) mass is 258 g/mol. The molecule has 0 radical (unpaired) electrons. The molecule has 0 saturated heterocycles. The molecule has 92 valence electrons. The van der Waals surface area contributed by atoms with Gasteiger partial charge in [0.15, 0.2) is 0 Å². The van der Waals surface area contributed by atoms with Gasteiger partial charge >= 0.3 is 11.9 Å². The number of aromatic hydroxyl groups is 1. The van der Waals surface area contributed by atoms with Gasteiger partial charge in [0.1, 0.15) is 16.7 Å². The van der Waals surface area contributed by atoms with E-state index >= 15 is 0 Å². The first-order chi connectivity index (χ1) is 7.90. The van der Waals surface area contributed by atoms with Crippen LogP contribution in [0.25, 0.3) is 0 Å². The fourth-order valence-electron chi connectivity index (χ4n) is 0.755. The maximum absolute atomic E-state index is 10.3. The lowest BCUT2D eigenvalue weighted by Crippen LogP contribution is -2.08. The van der Waals surface area contributed by atoms with E-state index in [9.17, 15) is 9.59 Å². The molecule has 0 aliphatic rings. The van der Waals surface area contributed by atoms with Gasteiger partial charge in [0.2, 0.25) is 0 Å². The second kappa shape index (κ2) is 7.29. The van der Waals surface area contributed by atoms with Gasteiger partial charge in [-0.1, -0.05) is 18.2 Å². The summed E-state index contributed by atoms with van der Waals surface area (Å²) in [6.07, 6.45) is 1.16. The van der Waals surface area contributed by atoms with E-state index in [0.717, 1.165) is 6.08 Å². The Morgan fingerprint density at radius 3 is 2.06 bits per heavy atom. The Morgan fingerprint density at radius 2 is 1.82 bits per heavy atom. The third-order valence-electron chi connectivity index (χ3n) is 1.58.